The number of benzene rings is 1. The Morgan fingerprint density at radius 3 is 1.80 bits per heavy atom. The summed E-state index contributed by atoms with van der Waals surface area (Å²) in [5.41, 5.74) is 0.964. The van der Waals surface area contributed by atoms with Gasteiger partial charge in [0, 0.05) is 0 Å². The van der Waals surface area contributed by atoms with Crippen molar-refractivity contribution >= 4 is 11.9 Å². The van der Waals surface area contributed by atoms with Crippen molar-refractivity contribution in [1.29, 1.82) is 0 Å². The van der Waals surface area contributed by atoms with E-state index in [-0.39, 0.29) is 11.9 Å². The fraction of sp³-hybridized carbons (Fsp3) is 0.692. The van der Waals surface area contributed by atoms with Crippen LogP contribution in [0.25, 0.3) is 0 Å². The molecule has 2 rings (SSSR count). The summed E-state index contributed by atoms with van der Waals surface area (Å²) in [6.45, 7) is 3.16. The molecule has 1 saturated carbocycles. The molecule has 0 radical (unpaired) electrons. The molecule has 1 aromatic carbocycles. The van der Waals surface area contributed by atoms with Gasteiger partial charge in [0.1, 0.15) is 0 Å². The Kier molecular flexibility index (Phi) is 12.2. The Morgan fingerprint density at radius 2 is 1.23 bits per heavy atom. The first-order valence-corrected chi connectivity index (χ1v) is 12.1. The van der Waals surface area contributed by atoms with Crippen molar-refractivity contribution in [3.8, 4) is 0 Å². The molecule has 0 spiro atoms. The van der Waals surface area contributed by atoms with Gasteiger partial charge in [0.15, 0.2) is 0 Å². The number of esters is 2. The van der Waals surface area contributed by atoms with E-state index in [9.17, 15) is 9.59 Å². The van der Waals surface area contributed by atoms with E-state index < -0.39 is 0 Å². The van der Waals surface area contributed by atoms with Gasteiger partial charge in [-0.15, -0.1) is 0 Å². The molecular formula is C26H40O4. The molecule has 0 atom stereocenters. The standard InChI is InChI=1S/C26H40O4/c1-2-3-4-5-6-7-8-12-20-29-25(27)23-15-17-24(18-16-23)26(28)30-21-19-22-13-10-9-11-14-22/h15-18,22H,2-14,19-21H2,1H3. The highest BCUT2D eigenvalue weighted by Gasteiger charge is 2.15. The van der Waals surface area contributed by atoms with Gasteiger partial charge in [-0.1, -0.05) is 84.0 Å². The van der Waals surface area contributed by atoms with Gasteiger partial charge in [-0.05, 0) is 43.0 Å². The van der Waals surface area contributed by atoms with Gasteiger partial charge in [0.25, 0.3) is 0 Å². The molecule has 0 N–H and O–H groups in total. The lowest BCUT2D eigenvalue weighted by Gasteiger charge is -2.21. The second-order valence-electron chi connectivity index (χ2n) is 8.62. The first-order chi connectivity index (χ1) is 14.7. The van der Waals surface area contributed by atoms with E-state index in [1.807, 2.05) is 0 Å². The second-order valence-corrected chi connectivity index (χ2v) is 8.62. The van der Waals surface area contributed by atoms with Crippen LogP contribution in [-0.2, 0) is 9.47 Å². The van der Waals surface area contributed by atoms with Gasteiger partial charge in [0.05, 0.1) is 24.3 Å². The molecule has 0 unspecified atom stereocenters. The highest BCUT2D eigenvalue weighted by Crippen LogP contribution is 2.26. The molecular weight excluding hydrogens is 376 g/mol. The SMILES string of the molecule is CCCCCCCCCCOC(=O)c1ccc(C(=O)OCCC2CCCCC2)cc1. The minimum atomic E-state index is -0.324. The first-order valence-electron chi connectivity index (χ1n) is 12.1. The summed E-state index contributed by atoms with van der Waals surface area (Å²) in [4.78, 5) is 24.3. The average molecular weight is 417 g/mol. The van der Waals surface area contributed by atoms with Gasteiger partial charge in [-0.3, -0.25) is 0 Å². The fourth-order valence-corrected chi connectivity index (χ4v) is 4.10. The van der Waals surface area contributed by atoms with E-state index in [2.05, 4.69) is 6.92 Å². The van der Waals surface area contributed by atoms with Crippen molar-refractivity contribution in [2.24, 2.45) is 5.92 Å². The summed E-state index contributed by atoms with van der Waals surface area (Å²) in [6.07, 6.45) is 17.1. The summed E-state index contributed by atoms with van der Waals surface area (Å²) >= 11 is 0. The number of hydrogen-bond donors (Lipinski definition) is 0. The smallest absolute Gasteiger partial charge is 0.338 e. The number of rotatable bonds is 14. The predicted octanol–water partition coefficient (Wildman–Crippen LogP) is 7.11. The maximum Gasteiger partial charge on any atom is 0.338 e. The van der Waals surface area contributed by atoms with Crippen LogP contribution in [0.1, 0.15) is 118 Å². The van der Waals surface area contributed by atoms with Crippen LogP contribution in [-0.4, -0.2) is 25.2 Å². The lowest BCUT2D eigenvalue weighted by Crippen LogP contribution is -2.13. The number of carbonyl (C=O) groups is 2. The lowest BCUT2D eigenvalue weighted by atomic mass is 9.87. The lowest BCUT2D eigenvalue weighted by molar-refractivity contribution is 0.0467. The maximum atomic E-state index is 12.2. The monoisotopic (exact) mass is 416 g/mol. The molecule has 0 saturated heterocycles. The van der Waals surface area contributed by atoms with E-state index in [1.165, 1.54) is 70.6 Å². The Labute approximate surface area is 182 Å². The maximum absolute atomic E-state index is 12.2. The van der Waals surface area contributed by atoms with Crippen LogP contribution in [0.3, 0.4) is 0 Å². The molecule has 0 bridgehead atoms. The van der Waals surface area contributed by atoms with Crippen molar-refractivity contribution in [3.05, 3.63) is 35.4 Å². The van der Waals surface area contributed by atoms with E-state index in [0.717, 1.165) is 19.3 Å². The highest BCUT2D eigenvalue weighted by molar-refractivity contribution is 5.93. The van der Waals surface area contributed by atoms with E-state index >= 15 is 0 Å². The van der Waals surface area contributed by atoms with Crippen LogP contribution in [0, 0.1) is 5.92 Å². The van der Waals surface area contributed by atoms with Crippen LogP contribution in [0.5, 0.6) is 0 Å². The molecule has 0 aromatic heterocycles. The van der Waals surface area contributed by atoms with Crippen molar-refractivity contribution < 1.29 is 19.1 Å². The van der Waals surface area contributed by atoms with E-state index in [1.54, 1.807) is 24.3 Å². The third kappa shape index (κ3) is 9.77. The van der Waals surface area contributed by atoms with Crippen LogP contribution < -0.4 is 0 Å². The third-order valence-electron chi connectivity index (χ3n) is 6.07. The molecule has 1 fully saturated rings. The van der Waals surface area contributed by atoms with E-state index in [4.69, 9.17) is 9.47 Å². The molecule has 1 aliphatic rings. The summed E-state index contributed by atoms with van der Waals surface area (Å²) < 4.78 is 10.8. The molecule has 4 nitrogen and oxygen atoms in total. The molecule has 4 heteroatoms. The van der Waals surface area contributed by atoms with E-state index in [0.29, 0.717) is 30.3 Å². The Hall–Kier alpha value is -1.84. The molecule has 0 aliphatic heterocycles. The third-order valence-corrected chi connectivity index (χ3v) is 6.07. The number of unbranched alkanes of at least 4 members (excludes halogenated alkanes) is 7. The van der Waals surface area contributed by atoms with Crippen molar-refractivity contribution in [3.63, 3.8) is 0 Å². The largest absolute Gasteiger partial charge is 0.462 e. The summed E-state index contributed by atoms with van der Waals surface area (Å²) in [5.74, 6) is 0.0598. The van der Waals surface area contributed by atoms with Crippen molar-refractivity contribution in [2.45, 2.75) is 96.8 Å². The van der Waals surface area contributed by atoms with Crippen LogP contribution in [0.4, 0.5) is 0 Å². The predicted molar refractivity (Wildman–Crippen MR) is 121 cm³/mol. The Balaban J connectivity index is 1.58. The minimum absolute atomic E-state index is 0.315. The average Bonchev–Trinajstić information content (AvgIpc) is 2.78. The topological polar surface area (TPSA) is 52.6 Å². The highest BCUT2D eigenvalue weighted by atomic mass is 16.5. The van der Waals surface area contributed by atoms with Gasteiger partial charge >= 0.3 is 11.9 Å². The zero-order chi connectivity index (χ0) is 21.4. The normalized spacial score (nSPS) is 14.4. The zero-order valence-electron chi connectivity index (χ0n) is 18.8. The van der Waals surface area contributed by atoms with Gasteiger partial charge in [-0.25, -0.2) is 9.59 Å². The molecule has 1 aromatic rings. The number of carbonyl (C=O) groups excluding carboxylic acids is 2. The molecule has 168 valence electrons. The van der Waals surface area contributed by atoms with Gasteiger partial charge in [-0.2, -0.15) is 0 Å². The molecule has 1 aliphatic carbocycles. The minimum Gasteiger partial charge on any atom is -0.462 e. The first kappa shape index (κ1) is 24.4. The molecule has 0 amide bonds. The van der Waals surface area contributed by atoms with Crippen LogP contribution in [0.2, 0.25) is 0 Å². The van der Waals surface area contributed by atoms with Crippen molar-refractivity contribution in [2.75, 3.05) is 13.2 Å². The second kappa shape index (κ2) is 15.0. The van der Waals surface area contributed by atoms with Crippen LogP contribution in [0.15, 0.2) is 24.3 Å². The van der Waals surface area contributed by atoms with Crippen molar-refractivity contribution in [1.82, 2.24) is 0 Å². The fourth-order valence-electron chi connectivity index (χ4n) is 4.10. The zero-order valence-corrected chi connectivity index (χ0v) is 18.8. The van der Waals surface area contributed by atoms with Gasteiger partial charge in [0.2, 0.25) is 0 Å². The Bertz CT molecular complexity index is 602. The number of ether oxygens (including phenoxy) is 2. The number of hydrogen-bond acceptors (Lipinski definition) is 4. The summed E-state index contributed by atoms with van der Waals surface area (Å²) in [7, 11) is 0. The van der Waals surface area contributed by atoms with Crippen LogP contribution >= 0.6 is 0 Å². The Morgan fingerprint density at radius 1 is 0.733 bits per heavy atom. The molecule has 0 heterocycles. The van der Waals surface area contributed by atoms with Gasteiger partial charge < -0.3 is 9.47 Å². The summed E-state index contributed by atoms with van der Waals surface area (Å²) in [5, 5.41) is 0. The summed E-state index contributed by atoms with van der Waals surface area (Å²) in [6, 6.07) is 6.59. The quantitative estimate of drug-likeness (QED) is 0.239. The molecule has 30 heavy (non-hydrogen) atoms.